The van der Waals surface area contributed by atoms with Crippen LogP contribution in [0.25, 0.3) is 0 Å². The lowest BCUT2D eigenvalue weighted by atomic mass is 10.3. The molecule has 0 saturated carbocycles. The molecule has 0 fully saturated rings. The maximum Gasteiger partial charge on any atom is 0.417 e. The largest absolute Gasteiger partial charge is 0.417 e. The van der Waals surface area contributed by atoms with Crippen LogP contribution in [0.1, 0.15) is 5.56 Å². The van der Waals surface area contributed by atoms with Crippen molar-refractivity contribution in [1.29, 1.82) is 0 Å². The highest BCUT2D eigenvalue weighted by atomic mass is 32.2. The Morgan fingerprint density at radius 1 is 1.41 bits per heavy atom. The van der Waals surface area contributed by atoms with E-state index in [0.717, 1.165) is 23.8 Å². The smallest absolute Gasteiger partial charge is 0.369 e. The minimum absolute atomic E-state index is 0.456. The van der Waals surface area contributed by atoms with Crippen LogP contribution in [0, 0.1) is 0 Å². The van der Waals surface area contributed by atoms with E-state index in [-0.39, 0.29) is 0 Å². The van der Waals surface area contributed by atoms with E-state index in [1.165, 1.54) is 6.07 Å². The van der Waals surface area contributed by atoms with Crippen LogP contribution in [0.5, 0.6) is 0 Å². The lowest BCUT2D eigenvalue weighted by molar-refractivity contribution is -0.137. The van der Waals surface area contributed by atoms with Crippen LogP contribution in [0.3, 0.4) is 0 Å². The van der Waals surface area contributed by atoms with Crippen molar-refractivity contribution in [1.82, 2.24) is 4.98 Å². The van der Waals surface area contributed by atoms with Gasteiger partial charge in [-0.05, 0) is 12.1 Å². The fourth-order valence-electron chi connectivity index (χ4n) is 1.08. The number of anilines is 1. The van der Waals surface area contributed by atoms with Crippen LogP contribution >= 0.6 is 11.8 Å². The Hall–Kier alpha value is -1.17. The molecule has 1 N–H and O–H groups in total. The number of alkyl halides is 3. The fourth-order valence-corrected chi connectivity index (χ4v) is 1.66. The third-order valence-corrected chi connectivity index (χ3v) is 2.84. The van der Waals surface area contributed by atoms with Crippen molar-refractivity contribution >= 4 is 17.6 Å². The molecule has 1 aromatic rings. The molecular weight excluding hydrogens is 249 g/mol. The van der Waals surface area contributed by atoms with Gasteiger partial charge in [0.05, 0.1) is 5.56 Å². The van der Waals surface area contributed by atoms with Gasteiger partial charge in [-0.25, -0.2) is 4.98 Å². The zero-order chi connectivity index (χ0) is 12.7. The Kier molecular flexibility index (Phi) is 5.34. The van der Waals surface area contributed by atoms with Crippen LogP contribution in [0.2, 0.25) is 0 Å². The molecule has 0 aromatic carbocycles. The summed E-state index contributed by atoms with van der Waals surface area (Å²) in [4.78, 5) is 3.70. The van der Waals surface area contributed by atoms with Gasteiger partial charge in [-0.15, -0.1) is 6.58 Å². The second-order valence-electron chi connectivity index (χ2n) is 3.22. The van der Waals surface area contributed by atoms with Crippen molar-refractivity contribution in [3.05, 3.63) is 36.5 Å². The molecule has 0 unspecified atom stereocenters. The number of halogens is 3. The van der Waals surface area contributed by atoms with Crippen molar-refractivity contribution in [3.63, 3.8) is 0 Å². The SMILES string of the molecule is C=CCSCCNc1ccc(C(F)(F)F)cn1. The van der Waals surface area contributed by atoms with Gasteiger partial charge in [0.25, 0.3) is 0 Å². The van der Waals surface area contributed by atoms with E-state index in [0.29, 0.717) is 12.4 Å². The van der Waals surface area contributed by atoms with Crippen molar-refractivity contribution in [2.24, 2.45) is 0 Å². The molecule has 17 heavy (non-hydrogen) atoms. The summed E-state index contributed by atoms with van der Waals surface area (Å²) >= 11 is 1.69. The minimum Gasteiger partial charge on any atom is -0.369 e. The molecule has 0 spiro atoms. The Balaban J connectivity index is 2.38. The lowest BCUT2D eigenvalue weighted by Gasteiger charge is -2.08. The molecular formula is C11H13F3N2S. The van der Waals surface area contributed by atoms with Crippen LogP contribution in [-0.4, -0.2) is 23.0 Å². The number of rotatable bonds is 6. The third-order valence-electron chi connectivity index (χ3n) is 1.88. The zero-order valence-electron chi connectivity index (χ0n) is 9.13. The van der Waals surface area contributed by atoms with Gasteiger partial charge in [-0.1, -0.05) is 6.08 Å². The maximum atomic E-state index is 12.2. The molecule has 0 amide bonds. The first-order chi connectivity index (χ1) is 8.04. The molecule has 1 rings (SSSR count). The van der Waals surface area contributed by atoms with E-state index >= 15 is 0 Å². The molecule has 0 aliphatic carbocycles. The predicted molar refractivity (Wildman–Crippen MR) is 65.3 cm³/mol. The van der Waals surface area contributed by atoms with Crippen LogP contribution in [-0.2, 0) is 6.18 Å². The average molecular weight is 262 g/mol. The molecule has 1 heterocycles. The molecule has 0 bridgehead atoms. The summed E-state index contributed by atoms with van der Waals surface area (Å²) in [6.45, 7) is 4.25. The van der Waals surface area contributed by atoms with Gasteiger partial charge >= 0.3 is 6.18 Å². The minimum atomic E-state index is -4.33. The number of nitrogens with one attached hydrogen (secondary N) is 1. The number of nitrogens with zero attached hydrogens (tertiary/aromatic N) is 1. The van der Waals surface area contributed by atoms with E-state index < -0.39 is 11.7 Å². The summed E-state index contributed by atoms with van der Waals surface area (Å²) in [5.41, 5.74) is -0.732. The van der Waals surface area contributed by atoms with Crippen LogP contribution < -0.4 is 5.32 Å². The molecule has 6 heteroatoms. The highest BCUT2D eigenvalue weighted by Gasteiger charge is 2.30. The Bertz CT molecular complexity index is 349. The van der Waals surface area contributed by atoms with E-state index in [4.69, 9.17) is 0 Å². The fraction of sp³-hybridized carbons (Fsp3) is 0.364. The topological polar surface area (TPSA) is 24.9 Å². The standard InChI is InChI=1S/C11H13F3N2S/c1-2-6-17-7-5-15-10-4-3-9(8-16-10)11(12,13)14/h2-4,8H,1,5-7H2,(H,15,16). The van der Waals surface area contributed by atoms with Gasteiger partial charge in [0.1, 0.15) is 5.82 Å². The number of pyridine rings is 1. The summed E-state index contributed by atoms with van der Waals surface area (Å²) in [6, 6.07) is 2.35. The van der Waals surface area contributed by atoms with Gasteiger partial charge in [0.15, 0.2) is 0 Å². The average Bonchev–Trinajstić information content (AvgIpc) is 2.28. The van der Waals surface area contributed by atoms with Gasteiger partial charge in [-0.2, -0.15) is 24.9 Å². The third kappa shape index (κ3) is 5.12. The normalized spacial score (nSPS) is 11.2. The van der Waals surface area contributed by atoms with E-state index in [2.05, 4.69) is 16.9 Å². The van der Waals surface area contributed by atoms with Crippen LogP contribution in [0.4, 0.5) is 19.0 Å². The molecule has 0 saturated heterocycles. The first-order valence-electron chi connectivity index (χ1n) is 5.00. The van der Waals surface area contributed by atoms with Gasteiger partial charge < -0.3 is 5.32 Å². The van der Waals surface area contributed by atoms with Crippen molar-refractivity contribution in [2.75, 3.05) is 23.4 Å². The molecule has 1 aromatic heterocycles. The molecule has 94 valence electrons. The maximum absolute atomic E-state index is 12.2. The van der Waals surface area contributed by atoms with E-state index in [1.54, 1.807) is 17.8 Å². The van der Waals surface area contributed by atoms with Crippen molar-refractivity contribution in [2.45, 2.75) is 6.18 Å². The van der Waals surface area contributed by atoms with Crippen LogP contribution in [0.15, 0.2) is 31.0 Å². The Morgan fingerprint density at radius 2 is 2.18 bits per heavy atom. The van der Waals surface area contributed by atoms with Gasteiger partial charge in [0, 0.05) is 24.2 Å². The summed E-state index contributed by atoms with van der Waals surface area (Å²) in [6.07, 6.45) is -1.69. The number of hydrogen-bond acceptors (Lipinski definition) is 3. The number of aromatic nitrogens is 1. The second-order valence-corrected chi connectivity index (χ2v) is 4.37. The predicted octanol–water partition coefficient (Wildman–Crippen LogP) is 3.43. The summed E-state index contributed by atoms with van der Waals surface area (Å²) in [5, 5.41) is 2.95. The monoisotopic (exact) mass is 262 g/mol. The number of hydrogen-bond donors (Lipinski definition) is 1. The highest BCUT2D eigenvalue weighted by molar-refractivity contribution is 7.99. The highest BCUT2D eigenvalue weighted by Crippen LogP contribution is 2.28. The first kappa shape index (κ1) is 13.9. The summed E-state index contributed by atoms with van der Waals surface area (Å²) < 4.78 is 36.7. The van der Waals surface area contributed by atoms with Gasteiger partial charge in [0.2, 0.25) is 0 Å². The van der Waals surface area contributed by atoms with Crippen molar-refractivity contribution in [3.8, 4) is 0 Å². The quantitative estimate of drug-likeness (QED) is 0.628. The molecule has 2 nitrogen and oxygen atoms in total. The summed E-state index contributed by atoms with van der Waals surface area (Å²) in [7, 11) is 0. The molecule has 0 aliphatic rings. The first-order valence-corrected chi connectivity index (χ1v) is 6.15. The molecule has 0 radical (unpaired) electrons. The zero-order valence-corrected chi connectivity index (χ0v) is 9.94. The Morgan fingerprint density at radius 3 is 2.71 bits per heavy atom. The van der Waals surface area contributed by atoms with Crippen molar-refractivity contribution < 1.29 is 13.2 Å². The van der Waals surface area contributed by atoms with E-state index in [9.17, 15) is 13.2 Å². The number of thioether (sulfide) groups is 1. The lowest BCUT2D eigenvalue weighted by Crippen LogP contribution is -2.08. The van der Waals surface area contributed by atoms with E-state index in [1.807, 2.05) is 0 Å². The van der Waals surface area contributed by atoms with Gasteiger partial charge in [-0.3, -0.25) is 0 Å². The molecule has 0 aliphatic heterocycles. The summed E-state index contributed by atoms with van der Waals surface area (Å²) in [5.74, 6) is 2.17. The molecule has 0 atom stereocenters. The Labute approximate surface area is 102 Å². The second kappa shape index (κ2) is 6.54.